The molecule has 2 rings (SSSR count). The number of rotatable bonds is 3. The van der Waals surface area contributed by atoms with Gasteiger partial charge in [0.05, 0.1) is 0 Å². The third-order valence-corrected chi connectivity index (χ3v) is 3.43. The molecule has 0 heterocycles. The molecular formula is C14H7BrClF3O2. The number of hydrogen-bond acceptors (Lipinski definition) is 2. The maximum absolute atomic E-state index is 12.3. The number of halogens is 5. The van der Waals surface area contributed by atoms with E-state index in [1.807, 2.05) is 0 Å². The SMILES string of the molecule is O=C(c1cccc(OC(F)(F)F)c1)c1cc(Cl)ccc1Br. The van der Waals surface area contributed by atoms with E-state index in [0.717, 1.165) is 12.1 Å². The van der Waals surface area contributed by atoms with E-state index in [0.29, 0.717) is 9.50 Å². The first-order valence-corrected chi connectivity index (χ1v) is 6.79. The molecule has 2 aromatic rings. The highest BCUT2D eigenvalue weighted by molar-refractivity contribution is 9.10. The summed E-state index contributed by atoms with van der Waals surface area (Å²) in [5.74, 6) is -0.913. The van der Waals surface area contributed by atoms with Crippen molar-refractivity contribution >= 4 is 33.3 Å². The van der Waals surface area contributed by atoms with Gasteiger partial charge in [-0.05, 0) is 30.3 Å². The van der Waals surface area contributed by atoms with E-state index >= 15 is 0 Å². The lowest BCUT2D eigenvalue weighted by molar-refractivity contribution is -0.274. The lowest BCUT2D eigenvalue weighted by atomic mass is 10.0. The quantitative estimate of drug-likeness (QED) is 0.683. The van der Waals surface area contributed by atoms with Gasteiger partial charge in [0.15, 0.2) is 5.78 Å². The van der Waals surface area contributed by atoms with Gasteiger partial charge in [0.1, 0.15) is 5.75 Å². The second kappa shape index (κ2) is 6.07. The van der Waals surface area contributed by atoms with E-state index in [1.54, 1.807) is 12.1 Å². The van der Waals surface area contributed by atoms with Crippen molar-refractivity contribution in [2.24, 2.45) is 0 Å². The molecule has 0 fully saturated rings. The molecule has 0 amide bonds. The molecule has 0 aromatic heterocycles. The summed E-state index contributed by atoms with van der Waals surface area (Å²) in [6, 6.07) is 9.48. The number of benzene rings is 2. The van der Waals surface area contributed by atoms with Gasteiger partial charge >= 0.3 is 6.36 Å². The van der Waals surface area contributed by atoms with Crippen molar-refractivity contribution in [3.63, 3.8) is 0 Å². The largest absolute Gasteiger partial charge is 0.573 e. The van der Waals surface area contributed by atoms with E-state index in [2.05, 4.69) is 20.7 Å². The van der Waals surface area contributed by atoms with Gasteiger partial charge in [0.25, 0.3) is 0 Å². The van der Waals surface area contributed by atoms with Crippen molar-refractivity contribution in [3.8, 4) is 5.75 Å². The molecular weight excluding hydrogens is 373 g/mol. The van der Waals surface area contributed by atoms with E-state index in [1.165, 1.54) is 18.2 Å². The molecule has 0 aliphatic rings. The summed E-state index contributed by atoms with van der Waals surface area (Å²) in [5, 5.41) is 0.351. The minimum absolute atomic E-state index is 0.0692. The van der Waals surface area contributed by atoms with Crippen molar-refractivity contribution < 1.29 is 22.7 Å². The summed E-state index contributed by atoms with van der Waals surface area (Å²) in [7, 11) is 0. The molecule has 0 aliphatic heterocycles. The summed E-state index contributed by atoms with van der Waals surface area (Å²) >= 11 is 9.03. The van der Waals surface area contributed by atoms with Gasteiger partial charge in [0, 0.05) is 20.6 Å². The Morgan fingerprint density at radius 3 is 2.52 bits per heavy atom. The van der Waals surface area contributed by atoms with Crippen molar-refractivity contribution in [2.45, 2.75) is 6.36 Å². The summed E-state index contributed by atoms with van der Waals surface area (Å²) in [6.45, 7) is 0. The molecule has 0 saturated heterocycles. The monoisotopic (exact) mass is 378 g/mol. The lowest BCUT2D eigenvalue weighted by Gasteiger charge is -2.10. The smallest absolute Gasteiger partial charge is 0.406 e. The fourth-order valence-corrected chi connectivity index (χ4v) is 2.26. The van der Waals surface area contributed by atoms with Crippen molar-refractivity contribution in [1.82, 2.24) is 0 Å². The second-order valence-corrected chi connectivity index (χ2v) is 5.32. The molecule has 21 heavy (non-hydrogen) atoms. The number of carbonyl (C=O) groups excluding carboxylic acids is 1. The normalized spacial score (nSPS) is 11.3. The summed E-state index contributed by atoms with van der Waals surface area (Å²) in [6.07, 6.45) is -4.81. The number of hydrogen-bond donors (Lipinski definition) is 0. The highest BCUT2D eigenvalue weighted by atomic mass is 79.9. The molecule has 2 aromatic carbocycles. The van der Waals surface area contributed by atoms with Gasteiger partial charge in [-0.2, -0.15) is 0 Å². The second-order valence-electron chi connectivity index (χ2n) is 4.03. The van der Waals surface area contributed by atoms with E-state index in [-0.39, 0.29) is 11.1 Å². The first kappa shape index (κ1) is 15.9. The number of alkyl halides is 3. The van der Waals surface area contributed by atoms with Gasteiger partial charge in [-0.15, -0.1) is 13.2 Å². The average Bonchev–Trinajstić information content (AvgIpc) is 2.39. The Morgan fingerprint density at radius 2 is 1.86 bits per heavy atom. The Kier molecular flexibility index (Phi) is 4.58. The van der Waals surface area contributed by atoms with Crippen LogP contribution in [0.25, 0.3) is 0 Å². The topological polar surface area (TPSA) is 26.3 Å². The molecule has 0 saturated carbocycles. The number of ether oxygens (including phenoxy) is 1. The number of carbonyl (C=O) groups is 1. The minimum atomic E-state index is -4.81. The Balaban J connectivity index is 2.35. The molecule has 7 heteroatoms. The Morgan fingerprint density at radius 1 is 1.14 bits per heavy atom. The van der Waals surface area contributed by atoms with E-state index in [9.17, 15) is 18.0 Å². The van der Waals surface area contributed by atoms with E-state index in [4.69, 9.17) is 11.6 Å². The van der Waals surface area contributed by atoms with Crippen molar-refractivity contribution in [2.75, 3.05) is 0 Å². The van der Waals surface area contributed by atoms with Gasteiger partial charge in [0.2, 0.25) is 0 Å². The van der Waals surface area contributed by atoms with Crippen LogP contribution in [0, 0.1) is 0 Å². The lowest BCUT2D eigenvalue weighted by Crippen LogP contribution is -2.17. The third-order valence-electron chi connectivity index (χ3n) is 2.50. The zero-order chi connectivity index (χ0) is 15.6. The Hall–Kier alpha value is -1.53. The molecule has 0 spiro atoms. The van der Waals surface area contributed by atoms with Crippen LogP contribution in [0.4, 0.5) is 13.2 Å². The van der Waals surface area contributed by atoms with Crippen LogP contribution in [0.1, 0.15) is 15.9 Å². The van der Waals surface area contributed by atoms with Gasteiger partial charge < -0.3 is 4.74 Å². The molecule has 2 nitrogen and oxygen atoms in total. The van der Waals surface area contributed by atoms with Crippen LogP contribution in [0.3, 0.4) is 0 Å². The van der Waals surface area contributed by atoms with E-state index < -0.39 is 17.9 Å². The highest BCUT2D eigenvalue weighted by Gasteiger charge is 2.31. The zero-order valence-corrected chi connectivity index (χ0v) is 12.6. The predicted molar refractivity (Wildman–Crippen MR) is 75.7 cm³/mol. The predicted octanol–water partition coefficient (Wildman–Crippen LogP) is 5.23. The van der Waals surface area contributed by atoms with Crippen LogP contribution in [0.2, 0.25) is 5.02 Å². The Labute approximate surface area is 131 Å². The van der Waals surface area contributed by atoms with Crippen LogP contribution < -0.4 is 4.74 Å². The van der Waals surface area contributed by atoms with Crippen molar-refractivity contribution in [3.05, 3.63) is 63.1 Å². The van der Waals surface area contributed by atoms with Crippen LogP contribution in [0.5, 0.6) is 5.75 Å². The van der Waals surface area contributed by atoms with Crippen LogP contribution in [-0.4, -0.2) is 12.1 Å². The summed E-state index contributed by atoms with van der Waals surface area (Å²) in [5.41, 5.74) is 0.325. The molecule has 0 N–H and O–H groups in total. The molecule has 0 bridgehead atoms. The average molecular weight is 380 g/mol. The minimum Gasteiger partial charge on any atom is -0.406 e. The van der Waals surface area contributed by atoms with Crippen LogP contribution in [0.15, 0.2) is 46.9 Å². The first-order valence-electron chi connectivity index (χ1n) is 5.62. The van der Waals surface area contributed by atoms with Crippen LogP contribution >= 0.6 is 27.5 Å². The maximum atomic E-state index is 12.3. The molecule has 110 valence electrons. The standard InChI is InChI=1S/C14H7BrClF3O2/c15-12-5-4-9(16)7-11(12)13(20)8-2-1-3-10(6-8)21-14(17,18)19/h1-7H. The van der Waals surface area contributed by atoms with Gasteiger partial charge in [-0.1, -0.05) is 39.7 Å². The fourth-order valence-electron chi connectivity index (χ4n) is 1.66. The summed E-state index contributed by atoms with van der Waals surface area (Å²) < 4.78 is 40.8. The van der Waals surface area contributed by atoms with Crippen molar-refractivity contribution in [1.29, 1.82) is 0 Å². The highest BCUT2D eigenvalue weighted by Crippen LogP contribution is 2.27. The number of ketones is 1. The van der Waals surface area contributed by atoms with Gasteiger partial charge in [-0.3, -0.25) is 4.79 Å². The molecule has 0 aliphatic carbocycles. The zero-order valence-electron chi connectivity index (χ0n) is 10.2. The maximum Gasteiger partial charge on any atom is 0.573 e. The van der Waals surface area contributed by atoms with Crippen LogP contribution in [-0.2, 0) is 0 Å². The fraction of sp³-hybridized carbons (Fsp3) is 0.0714. The molecule has 0 unspecified atom stereocenters. The molecule has 0 atom stereocenters. The van der Waals surface area contributed by atoms with Gasteiger partial charge in [-0.25, -0.2) is 0 Å². The molecule has 0 radical (unpaired) electrons. The first-order chi connectivity index (χ1) is 9.76. The summed E-state index contributed by atoms with van der Waals surface area (Å²) in [4.78, 5) is 12.3. The Bertz CT molecular complexity index is 686. The third kappa shape index (κ3) is 4.22.